The van der Waals surface area contributed by atoms with Crippen LogP contribution in [0.5, 0.6) is 5.75 Å². The molecular weight excluding hydrogens is 408 g/mol. The fraction of sp³-hybridized carbons (Fsp3) is 0.400. The monoisotopic (exact) mass is 442 g/mol. The van der Waals surface area contributed by atoms with Gasteiger partial charge in [-0.15, -0.1) is 0 Å². The van der Waals surface area contributed by atoms with Crippen molar-refractivity contribution in [1.82, 2.24) is 4.90 Å². The molecule has 2 aromatic carbocycles. The first kappa shape index (κ1) is 24.8. The Hall–Kier alpha value is -2.44. The molecule has 0 aromatic heterocycles. The van der Waals surface area contributed by atoms with E-state index in [0.29, 0.717) is 17.0 Å². The lowest BCUT2D eigenvalue weighted by Crippen LogP contribution is -2.22. The summed E-state index contributed by atoms with van der Waals surface area (Å²) in [6.07, 6.45) is 4.33. The quantitative estimate of drug-likeness (QED) is 0.336. The lowest BCUT2D eigenvalue weighted by molar-refractivity contribution is 0.0598. The summed E-state index contributed by atoms with van der Waals surface area (Å²) in [4.78, 5) is 16.0. The second kappa shape index (κ2) is 12.4. The van der Waals surface area contributed by atoms with Gasteiger partial charge in [-0.25, -0.2) is 4.79 Å². The van der Waals surface area contributed by atoms with Gasteiger partial charge in [-0.2, -0.15) is 0 Å². The van der Waals surface area contributed by atoms with Gasteiger partial charge in [-0.3, -0.25) is 0 Å². The van der Waals surface area contributed by atoms with Crippen molar-refractivity contribution < 1.29 is 14.3 Å². The molecule has 0 fully saturated rings. The van der Waals surface area contributed by atoms with Crippen molar-refractivity contribution in [2.24, 2.45) is 0 Å². The number of nitrogens with one attached hydrogen (secondary N) is 1. The van der Waals surface area contributed by atoms with Crippen LogP contribution in [0.25, 0.3) is 6.08 Å². The molecule has 0 amide bonds. The normalized spacial score (nSPS) is 11.4. The van der Waals surface area contributed by atoms with Gasteiger partial charge in [-0.1, -0.05) is 64.1 Å². The lowest BCUT2D eigenvalue weighted by Gasteiger charge is -2.19. The summed E-state index contributed by atoms with van der Waals surface area (Å²) in [6, 6.07) is 12.1. The summed E-state index contributed by atoms with van der Waals surface area (Å²) in [6.45, 7) is 11.5. The molecule has 2 aromatic rings. The van der Waals surface area contributed by atoms with Gasteiger partial charge in [0.2, 0.25) is 0 Å². The highest BCUT2D eigenvalue weighted by Gasteiger charge is 2.23. The predicted molar refractivity (Wildman–Crippen MR) is 131 cm³/mol. The van der Waals surface area contributed by atoms with Crippen molar-refractivity contribution in [1.29, 1.82) is 0 Å². The fourth-order valence-electron chi connectivity index (χ4n) is 3.29. The summed E-state index contributed by atoms with van der Waals surface area (Å²) in [7, 11) is 2.97. The number of carbonyl (C=O) groups is 1. The molecule has 0 unspecified atom stereocenters. The largest absolute Gasteiger partial charge is 0.495 e. The predicted octanol–water partition coefficient (Wildman–Crippen LogP) is 6.08. The number of esters is 1. The van der Waals surface area contributed by atoms with Crippen LogP contribution in [-0.2, 0) is 4.74 Å². The highest BCUT2D eigenvalue weighted by molar-refractivity contribution is 8.00. The molecule has 5 nitrogen and oxygen atoms in total. The Bertz CT molecular complexity index is 892. The first-order valence-corrected chi connectivity index (χ1v) is 11.5. The Morgan fingerprint density at radius 1 is 1.13 bits per heavy atom. The zero-order chi connectivity index (χ0) is 22.8. The van der Waals surface area contributed by atoms with Gasteiger partial charge < -0.3 is 19.1 Å². The van der Waals surface area contributed by atoms with Crippen molar-refractivity contribution in [3.8, 4) is 5.75 Å². The third-order valence-electron chi connectivity index (χ3n) is 5.15. The molecule has 0 saturated heterocycles. The van der Waals surface area contributed by atoms with E-state index in [0.717, 1.165) is 35.7 Å². The van der Waals surface area contributed by atoms with E-state index in [2.05, 4.69) is 61.6 Å². The van der Waals surface area contributed by atoms with Crippen LogP contribution in [0.4, 0.5) is 5.69 Å². The molecular formula is C25H34N2O3S. The summed E-state index contributed by atoms with van der Waals surface area (Å²) < 4.78 is 14.0. The first-order chi connectivity index (χ1) is 15.0. The highest BCUT2D eigenvalue weighted by Crippen LogP contribution is 2.37. The van der Waals surface area contributed by atoms with Crippen molar-refractivity contribution in [3.63, 3.8) is 0 Å². The van der Waals surface area contributed by atoms with E-state index in [9.17, 15) is 4.79 Å². The molecule has 0 bridgehead atoms. The highest BCUT2D eigenvalue weighted by atomic mass is 32.2. The Balaban J connectivity index is 2.29. The van der Waals surface area contributed by atoms with Crippen LogP contribution in [-0.4, -0.2) is 44.7 Å². The van der Waals surface area contributed by atoms with Gasteiger partial charge in [0, 0.05) is 11.4 Å². The van der Waals surface area contributed by atoms with Gasteiger partial charge in [0.15, 0.2) is 0 Å². The number of methoxy groups -OCH3 is 2. The summed E-state index contributed by atoms with van der Waals surface area (Å²) in [5, 5.41) is 0. The molecule has 0 aliphatic heterocycles. The van der Waals surface area contributed by atoms with Crippen LogP contribution in [0.1, 0.15) is 55.1 Å². The van der Waals surface area contributed by atoms with Crippen molar-refractivity contribution >= 4 is 29.7 Å². The summed E-state index contributed by atoms with van der Waals surface area (Å²) in [5.41, 5.74) is 3.18. The maximum atomic E-state index is 12.6. The van der Waals surface area contributed by atoms with E-state index < -0.39 is 5.97 Å². The van der Waals surface area contributed by atoms with E-state index in [4.69, 9.17) is 9.47 Å². The van der Waals surface area contributed by atoms with E-state index in [1.165, 1.54) is 19.1 Å². The Morgan fingerprint density at radius 2 is 1.84 bits per heavy atom. The molecule has 168 valence electrons. The molecule has 2 rings (SSSR count). The average molecular weight is 443 g/mol. The molecule has 0 heterocycles. The van der Waals surface area contributed by atoms with Gasteiger partial charge in [0.1, 0.15) is 11.3 Å². The second-order valence-electron chi connectivity index (χ2n) is 7.39. The van der Waals surface area contributed by atoms with Gasteiger partial charge in [0.25, 0.3) is 0 Å². The number of nitrogens with zero attached hydrogens (tertiary/aromatic N) is 1. The molecule has 6 heteroatoms. The molecule has 0 aliphatic rings. The maximum absolute atomic E-state index is 12.6. The second-order valence-corrected chi connectivity index (χ2v) is 8.24. The van der Waals surface area contributed by atoms with Crippen LogP contribution >= 0.6 is 11.9 Å². The number of anilines is 1. The van der Waals surface area contributed by atoms with E-state index >= 15 is 0 Å². The number of hydrogen-bond acceptors (Lipinski definition) is 6. The third kappa shape index (κ3) is 6.52. The topological polar surface area (TPSA) is 50.8 Å². The Morgan fingerprint density at radius 3 is 2.45 bits per heavy atom. The Kier molecular flexibility index (Phi) is 9.95. The van der Waals surface area contributed by atoms with Gasteiger partial charge in [0.05, 0.1) is 19.9 Å². The fourth-order valence-corrected chi connectivity index (χ4v) is 4.09. The van der Waals surface area contributed by atoms with Crippen LogP contribution in [0.2, 0.25) is 0 Å². The van der Waals surface area contributed by atoms with E-state index in [1.54, 1.807) is 7.11 Å². The minimum absolute atomic E-state index is 0.219. The molecule has 0 radical (unpaired) electrons. The van der Waals surface area contributed by atoms with Gasteiger partial charge in [-0.05, 0) is 54.2 Å². The number of ether oxygens (including phenoxy) is 2. The number of likely N-dealkylation sites (N-methyl/N-ethyl adjacent to an activating group) is 1. The van der Waals surface area contributed by atoms with E-state index in [1.807, 2.05) is 24.3 Å². The van der Waals surface area contributed by atoms with Crippen LogP contribution in [0.15, 0.2) is 47.4 Å². The van der Waals surface area contributed by atoms with E-state index in [-0.39, 0.29) is 5.92 Å². The molecule has 1 N–H and O–H groups in total. The zero-order valence-electron chi connectivity index (χ0n) is 19.4. The summed E-state index contributed by atoms with van der Waals surface area (Å²) >= 11 is 1.47. The average Bonchev–Trinajstić information content (AvgIpc) is 2.79. The van der Waals surface area contributed by atoms with Crippen LogP contribution in [0.3, 0.4) is 0 Å². The number of carbonyl (C=O) groups excluding carboxylic acids is 1. The molecule has 0 aliphatic carbocycles. The SMILES string of the molecule is CCN(CC)C/C=C\c1ccccc1SNc1ccc(C(C)C)c(OC)c1C(=O)OC. The molecule has 0 atom stereocenters. The third-order valence-corrected chi connectivity index (χ3v) is 6.06. The summed E-state index contributed by atoms with van der Waals surface area (Å²) in [5.74, 6) is 0.353. The van der Waals surface area contributed by atoms with Crippen molar-refractivity contribution in [2.45, 2.75) is 38.5 Å². The Labute approximate surface area is 190 Å². The van der Waals surface area contributed by atoms with Gasteiger partial charge >= 0.3 is 5.97 Å². The first-order valence-electron chi connectivity index (χ1n) is 10.7. The minimum Gasteiger partial charge on any atom is -0.495 e. The number of benzene rings is 2. The van der Waals surface area contributed by atoms with Crippen molar-refractivity contribution in [3.05, 3.63) is 59.2 Å². The van der Waals surface area contributed by atoms with Crippen molar-refractivity contribution in [2.75, 3.05) is 38.6 Å². The smallest absolute Gasteiger partial charge is 0.343 e. The van der Waals surface area contributed by atoms with Crippen LogP contribution in [0, 0.1) is 0 Å². The number of rotatable bonds is 11. The molecule has 0 spiro atoms. The number of hydrogen-bond donors (Lipinski definition) is 1. The maximum Gasteiger partial charge on any atom is 0.343 e. The minimum atomic E-state index is -0.421. The standard InChI is InChI=1S/C25H34N2O3S/c1-7-27(8-2)17-11-13-19-12-9-10-14-22(19)31-26-21-16-15-20(18(3)4)24(29-5)23(21)25(28)30-6/h9-16,18,26H,7-8,17H2,1-6H3/b13-11-. The lowest BCUT2D eigenvalue weighted by atomic mass is 9.98. The molecule has 31 heavy (non-hydrogen) atoms. The van der Waals surface area contributed by atoms with Crippen LogP contribution < -0.4 is 9.46 Å². The zero-order valence-corrected chi connectivity index (χ0v) is 20.2. The molecule has 0 saturated carbocycles.